The maximum atomic E-state index is 12.6. The van der Waals surface area contributed by atoms with Gasteiger partial charge in [-0.05, 0) is 42.7 Å². The minimum atomic E-state index is -0.996. The first kappa shape index (κ1) is 19.6. The highest BCUT2D eigenvalue weighted by Gasteiger charge is 2.39. The molecular formula is C20H18N2O5S. The molecule has 0 aliphatic carbocycles. The van der Waals surface area contributed by atoms with E-state index in [0.29, 0.717) is 22.8 Å². The Morgan fingerprint density at radius 2 is 1.57 bits per heavy atom. The first-order valence-corrected chi connectivity index (χ1v) is 9.96. The molecule has 1 heterocycles. The van der Waals surface area contributed by atoms with Gasteiger partial charge in [-0.15, -0.1) is 0 Å². The highest BCUT2D eigenvalue weighted by atomic mass is 32.2. The Labute approximate surface area is 166 Å². The van der Waals surface area contributed by atoms with Crippen molar-refractivity contribution in [1.82, 2.24) is 10.4 Å². The lowest BCUT2D eigenvalue weighted by Gasteiger charge is -2.20. The van der Waals surface area contributed by atoms with Crippen LogP contribution in [0.3, 0.4) is 0 Å². The number of benzene rings is 2. The molecule has 3 amide bonds. The summed E-state index contributed by atoms with van der Waals surface area (Å²) in [5, 5.41) is 3.07. The zero-order valence-corrected chi connectivity index (χ0v) is 15.9. The molecule has 0 bridgehead atoms. The van der Waals surface area contributed by atoms with Gasteiger partial charge < -0.3 is 10.2 Å². The molecule has 2 aromatic carbocycles. The summed E-state index contributed by atoms with van der Waals surface area (Å²) in [6, 6.07) is 13.7. The van der Waals surface area contributed by atoms with Gasteiger partial charge in [0.15, 0.2) is 0 Å². The van der Waals surface area contributed by atoms with E-state index in [1.807, 2.05) is 6.26 Å². The number of nitrogens with zero attached hydrogens (tertiary/aromatic N) is 1. The largest absolute Gasteiger partial charge is 0.355 e. The Balaban J connectivity index is 1.72. The molecule has 0 saturated carbocycles. The smallest absolute Gasteiger partial charge is 0.338 e. The second-order valence-corrected chi connectivity index (χ2v) is 7.02. The molecule has 1 aliphatic heterocycles. The molecule has 144 valence electrons. The number of hydrogen-bond donors (Lipinski definition) is 1. The number of carbonyl (C=O) groups is 4. The van der Waals surface area contributed by atoms with Gasteiger partial charge in [-0.3, -0.25) is 14.4 Å². The molecule has 1 unspecified atom stereocenters. The van der Waals surface area contributed by atoms with E-state index in [2.05, 4.69) is 5.32 Å². The van der Waals surface area contributed by atoms with E-state index in [1.165, 1.54) is 23.9 Å². The minimum Gasteiger partial charge on any atom is -0.338 e. The minimum absolute atomic E-state index is 0.175. The molecule has 0 radical (unpaired) electrons. The maximum Gasteiger partial charge on any atom is 0.355 e. The lowest BCUT2D eigenvalue weighted by Crippen LogP contribution is -2.45. The number of imide groups is 1. The fourth-order valence-electron chi connectivity index (χ4n) is 2.72. The summed E-state index contributed by atoms with van der Waals surface area (Å²) in [5.41, 5.74) is 0.744. The van der Waals surface area contributed by atoms with Crippen LogP contribution in [0.5, 0.6) is 0 Å². The molecule has 1 aliphatic rings. The number of carbonyl (C=O) groups excluding carboxylic acids is 4. The lowest BCUT2D eigenvalue weighted by molar-refractivity contribution is -0.170. The van der Waals surface area contributed by atoms with Crippen molar-refractivity contribution in [3.63, 3.8) is 0 Å². The van der Waals surface area contributed by atoms with E-state index >= 15 is 0 Å². The van der Waals surface area contributed by atoms with Crippen molar-refractivity contribution >= 4 is 35.5 Å². The van der Waals surface area contributed by atoms with E-state index in [9.17, 15) is 19.2 Å². The molecule has 8 heteroatoms. The Kier molecular flexibility index (Phi) is 6.10. The number of hydroxylamine groups is 2. The zero-order valence-electron chi connectivity index (χ0n) is 15.1. The normalized spacial score (nSPS) is 13.8. The molecule has 7 nitrogen and oxygen atoms in total. The predicted octanol–water partition coefficient (Wildman–Crippen LogP) is 2.29. The second kappa shape index (κ2) is 8.71. The van der Waals surface area contributed by atoms with E-state index < -0.39 is 29.7 Å². The zero-order chi connectivity index (χ0) is 20.1. The van der Waals surface area contributed by atoms with E-state index in [4.69, 9.17) is 4.84 Å². The maximum absolute atomic E-state index is 12.6. The van der Waals surface area contributed by atoms with Crippen LogP contribution < -0.4 is 5.32 Å². The number of thioether (sulfide) groups is 1. The summed E-state index contributed by atoms with van der Waals surface area (Å²) < 4.78 is 0. The lowest BCUT2D eigenvalue weighted by atomic mass is 10.1. The van der Waals surface area contributed by atoms with Gasteiger partial charge in [-0.2, -0.15) is 11.8 Å². The summed E-state index contributed by atoms with van der Waals surface area (Å²) in [6.07, 6.45) is 2.16. The fourth-order valence-corrected chi connectivity index (χ4v) is 3.19. The van der Waals surface area contributed by atoms with Crippen LogP contribution in [0.15, 0.2) is 54.6 Å². The van der Waals surface area contributed by atoms with Gasteiger partial charge in [-0.1, -0.05) is 35.4 Å². The molecule has 0 aromatic heterocycles. The number of rotatable bonds is 7. The summed E-state index contributed by atoms with van der Waals surface area (Å²) in [7, 11) is 0. The monoisotopic (exact) mass is 398 g/mol. The third kappa shape index (κ3) is 4.07. The van der Waals surface area contributed by atoms with Gasteiger partial charge in [0.25, 0.3) is 17.7 Å². The molecule has 0 fully saturated rings. The number of amides is 3. The molecule has 0 saturated heterocycles. The predicted molar refractivity (Wildman–Crippen MR) is 104 cm³/mol. The fraction of sp³-hybridized carbons (Fsp3) is 0.200. The first-order valence-electron chi connectivity index (χ1n) is 8.57. The highest BCUT2D eigenvalue weighted by Crippen LogP contribution is 2.23. The quantitative estimate of drug-likeness (QED) is 0.720. The van der Waals surface area contributed by atoms with Gasteiger partial charge in [0, 0.05) is 5.56 Å². The van der Waals surface area contributed by atoms with Crippen LogP contribution >= 0.6 is 11.8 Å². The highest BCUT2D eigenvalue weighted by molar-refractivity contribution is 7.98. The first-order chi connectivity index (χ1) is 13.5. The summed E-state index contributed by atoms with van der Waals surface area (Å²) >= 11 is 1.50. The molecule has 3 rings (SSSR count). The van der Waals surface area contributed by atoms with Crippen LogP contribution in [-0.4, -0.2) is 46.8 Å². The standard InChI is InChI=1S/C20H18N2O5S/c1-28-12-11-16(21-17(23)13-7-3-2-4-8-13)20(26)27-22-18(24)14-9-5-6-10-15(14)19(22)25/h2-10,16H,11-12H2,1H3,(H,21,23). The van der Waals surface area contributed by atoms with Crippen molar-refractivity contribution in [2.45, 2.75) is 12.5 Å². The second-order valence-electron chi connectivity index (χ2n) is 6.03. The van der Waals surface area contributed by atoms with E-state index in [1.54, 1.807) is 42.5 Å². The Bertz CT molecular complexity index is 881. The van der Waals surface area contributed by atoms with Crippen molar-refractivity contribution in [2.75, 3.05) is 12.0 Å². The van der Waals surface area contributed by atoms with Crippen LogP contribution in [0, 0.1) is 0 Å². The van der Waals surface area contributed by atoms with E-state index in [-0.39, 0.29) is 11.1 Å². The van der Waals surface area contributed by atoms with E-state index in [0.717, 1.165) is 0 Å². The molecule has 2 aromatic rings. The van der Waals surface area contributed by atoms with Crippen LogP contribution in [-0.2, 0) is 9.63 Å². The Morgan fingerprint density at radius 3 is 2.14 bits per heavy atom. The summed E-state index contributed by atoms with van der Waals surface area (Å²) in [6.45, 7) is 0. The Hall–Kier alpha value is -3.13. The number of fused-ring (bicyclic) bond motifs is 1. The van der Waals surface area contributed by atoms with Gasteiger partial charge in [0.2, 0.25) is 0 Å². The molecule has 1 atom stereocenters. The molecule has 0 spiro atoms. The third-order valence-corrected chi connectivity index (χ3v) is 4.82. The average molecular weight is 398 g/mol. The van der Waals surface area contributed by atoms with Crippen molar-refractivity contribution in [1.29, 1.82) is 0 Å². The van der Waals surface area contributed by atoms with Gasteiger partial charge in [0.1, 0.15) is 6.04 Å². The van der Waals surface area contributed by atoms with Gasteiger partial charge in [0.05, 0.1) is 11.1 Å². The van der Waals surface area contributed by atoms with Crippen molar-refractivity contribution in [3.8, 4) is 0 Å². The molecule has 28 heavy (non-hydrogen) atoms. The van der Waals surface area contributed by atoms with Crippen LogP contribution in [0.1, 0.15) is 37.5 Å². The van der Waals surface area contributed by atoms with Gasteiger partial charge >= 0.3 is 5.97 Å². The van der Waals surface area contributed by atoms with Crippen LogP contribution in [0.25, 0.3) is 0 Å². The van der Waals surface area contributed by atoms with Crippen molar-refractivity contribution < 1.29 is 24.0 Å². The summed E-state index contributed by atoms with van der Waals surface area (Å²) in [5.74, 6) is -2.13. The number of hydrogen-bond acceptors (Lipinski definition) is 6. The molecule has 1 N–H and O–H groups in total. The molecular weight excluding hydrogens is 380 g/mol. The summed E-state index contributed by atoms with van der Waals surface area (Å²) in [4.78, 5) is 54.8. The van der Waals surface area contributed by atoms with Crippen molar-refractivity contribution in [3.05, 3.63) is 71.3 Å². The van der Waals surface area contributed by atoms with Crippen LogP contribution in [0.2, 0.25) is 0 Å². The third-order valence-electron chi connectivity index (χ3n) is 4.17. The topological polar surface area (TPSA) is 92.8 Å². The SMILES string of the molecule is CSCCC(NC(=O)c1ccccc1)C(=O)ON1C(=O)c2ccccc2C1=O. The van der Waals surface area contributed by atoms with Crippen LogP contribution in [0.4, 0.5) is 0 Å². The number of nitrogens with one attached hydrogen (secondary N) is 1. The Morgan fingerprint density at radius 1 is 1.00 bits per heavy atom. The average Bonchev–Trinajstić information content (AvgIpc) is 2.96. The van der Waals surface area contributed by atoms with Crippen molar-refractivity contribution in [2.24, 2.45) is 0 Å². The van der Waals surface area contributed by atoms with Gasteiger partial charge in [-0.25, -0.2) is 4.79 Å².